The minimum Gasteiger partial charge on any atom is -0.481 e. The first-order chi connectivity index (χ1) is 10.1. The molecule has 5 nitrogen and oxygen atoms in total. The summed E-state index contributed by atoms with van der Waals surface area (Å²) in [4.78, 5) is 17.8. The van der Waals surface area contributed by atoms with Crippen LogP contribution in [-0.4, -0.2) is 33.7 Å². The summed E-state index contributed by atoms with van der Waals surface area (Å²) in [5.74, 6) is -0.0628. The van der Waals surface area contributed by atoms with Crippen molar-refractivity contribution in [3.63, 3.8) is 0 Å². The highest BCUT2D eigenvalue weighted by Crippen LogP contribution is 2.29. The van der Waals surface area contributed by atoms with E-state index in [4.69, 9.17) is 0 Å². The number of rotatable bonds is 4. The van der Waals surface area contributed by atoms with Gasteiger partial charge in [0.1, 0.15) is 5.82 Å². The predicted octanol–water partition coefficient (Wildman–Crippen LogP) is 1.96. The van der Waals surface area contributed by atoms with Crippen molar-refractivity contribution in [1.29, 1.82) is 0 Å². The van der Waals surface area contributed by atoms with Crippen LogP contribution in [0.4, 0.5) is 5.69 Å². The van der Waals surface area contributed by atoms with Gasteiger partial charge in [0.15, 0.2) is 0 Å². The summed E-state index contributed by atoms with van der Waals surface area (Å²) in [6.07, 6.45) is 4.37. The minimum absolute atomic E-state index is 0.330. The molecule has 1 atom stereocenters. The van der Waals surface area contributed by atoms with Crippen LogP contribution < -0.4 is 4.90 Å². The Bertz CT molecular complexity index is 650. The normalized spacial score (nSPS) is 17.6. The van der Waals surface area contributed by atoms with E-state index in [-0.39, 0.29) is 5.92 Å². The van der Waals surface area contributed by atoms with Gasteiger partial charge in [-0.3, -0.25) is 4.79 Å². The van der Waals surface area contributed by atoms with E-state index < -0.39 is 5.97 Å². The zero-order chi connectivity index (χ0) is 14.8. The van der Waals surface area contributed by atoms with Crippen molar-refractivity contribution >= 4 is 11.7 Å². The Morgan fingerprint density at radius 2 is 2.19 bits per heavy atom. The van der Waals surface area contributed by atoms with Crippen molar-refractivity contribution < 1.29 is 9.90 Å². The molecule has 1 aliphatic heterocycles. The third-order valence-electron chi connectivity index (χ3n) is 4.12. The minimum atomic E-state index is -0.715. The molecule has 21 heavy (non-hydrogen) atoms. The maximum Gasteiger partial charge on any atom is 0.308 e. The summed E-state index contributed by atoms with van der Waals surface area (Å²) in [5, 5.41) is 9.34. The maximum atomic E-state index is 11.4. The molecule has 0 amide bonds. The van der Waals surface area contributed by atoms with Crippen LogP contribution in [0.1, 0.15) is 11.4 Å². The average Bonchev–Trinajstić information content (AvgIpc) is 2.89. The number of carboxylic acids is 1. The number of carbonyl (C=O) groups is 1. The lowest BCUT2D eigenvalue weighted by atomic mass is 9.92. The number of nitrogens with zero attached hydrogens (tertiary/aromatic N) is 3. The van der Waals surface area contributed by atoms with Crippen LogP contribution in [0.2, 0.25) is 0 Å². The first-order valence-electron chi connectivity index (χ1n) is 7.18. The van der Waals surface area contributed by atoms with Crippen molar-refractivity contribution in [3.05, 3.63) is 48.0 Å². The Morgan fingerprint density at radius 3 is 2.90 bits per heavy atom. The zero-order valence-corrected chi connectivity index (χ0v) is 12.1. The van der Waals surface area contributed by atoms with E-state index in [1.807, 2.05) is 31.3 Å². The summed E-state index contributed by atoms with van der Waals surface area (Å²) in [7, 11) is 0. The Kier molecular flexibility index (Phi) is 3.64. The van der Waals surface area contributed by atoms with E-state index in [0.29, 0.717) is 13.0 Å². The van der Waals surface area contributed by atoms with Gasteiger partial charge in [-0.25, -0.2) is 4.98 Å². The number of benzene rings is 1. The highest BCUT2D eigenvalue weighted by Gasteiger charge is 2.28. The second-order valence-electron chi connectivity index (χ2n) is 5.48. The van der Waals surface area contributed by atoms with E-state index in [0.717, 1.165) is 30.2 Å². The molecule has 0 radical (unpaired) electrons. The lowest BCUT2D eigenvalue weighted by Crippen LogP contribution is -2.40. The lowest BCUT2D eigenvalue weighted by Gasteiger charge is -2.34. The molecule has 0 saturated heterocycles. The SMILES string of the molecule is Cc1nccn1CCN1CC(C(=O)O)Cc2ccccc21. The molecule has 1 N–H and O–H groups in total. The van der Waals surface area contributed by atoms with Gasteiger partial charge in [-0.15, -0.1) is 0 Å². The number of anilines is 1. The lowest BCUT2D eigenvalue weighted by molar-refractivity contribution is -0.141. The van der Waals surface area contributed by atoms with E-state index in [1.165, 1.54) is 0 Å². The molecule has 1 aliphatic rings. The molecule has 2 aromatic rings. The summed E-state index contributed by atoms with van der Waals surface area (Å²) in [6, 6.07) is 8.09. The number of hydrogen-bond donors (Lipinski definition) is 1. The van der Waals surface area contributed by atoms with E-state index >= 15 is 0 Å². The molecule has 1 aromatic heterocycles. The number of aromatic nitrogens is 2. The average molecular weight is 285 g/mol. The fourth-order valence-corrected chi connectivity index (χ4v) is 2.93. The van der Waals surface area contributed by atoms with Crippen molar-refractivity contribution in [2.45, 2.75) is 19.9 Å². The number of imidazole rings is 1. The zero-order valence-electron chi connectivity index (χ0n) is 12.1. The molecule has 1 unspecified atom stereocenters. The second kappa shape index (κ2) is 5.60. The molecule has 0 saturated carbocycles. The first kappa shape index (κ1) is 13.7. The van der Waals surface area contributed by atoms with Crippen LogP contribution in [0.15, 0.2) is 36.7 Å². The van der Waals surface area contributed by atoms with Crippen LogP contribution in [0, 0.1) is 12.8 Å². The number of fused-ring (bicyclic) bond motifs is 1. The number of hydrogen-bond acceptors (Lipinski definition) is 3. The second-order valence-corrected chi connectivity index (χ2v) is 5.48. The smallest absolute Gasteiger partial charge is 0.308 e. The van der Waals surface area contributed by atoms with Crippen molar-refractivity contribution in [1.82, 2.24) is 9.55 Å². The number of carboxylic acid groups (broad SMARTS) is 1. The van der Waals surface area contributed by atoms with Gasteiger partial charge in [-0.2, -0.15) is 0 Å². The van der Waals surface area contributed by atoms with E-state index in [9.17, 15) is 9.90 Å². The first-order valence-corrected chi connectivity index (χ1v) is 7.18. The maximum absolute atomic E-state index is 11.4. The summed E-state index contributed by atoms with van der Waals surface area (Å²) >= 11 is 0. The molecule has 0 bridgehead atoms. The molecule has 1 aromatic carbocycles. The van der Waals surface area contributed by atoms with E-state index in [2.05, 4.69) is 20.5 Å². The van der Waals surface area contributed by atoms with Crippen LogP contribution in [-0.2, 0) is 17.8 Å². The Hall–Kier alpha value is -2.30. The largest absolute Gasteiger partial charge is 0.481 e. The number of aliphatic carboxylic acids is 1. The number of para-hydroxylation sites is 1. The number of aryl methyl sites for hydroxylation is 1. The molecular formula is C16H19N3O2. The Labute approximate surface area is 123 Å². The van der Waals surface area contributed by atoms with Gasteiger partial charge in [0.2, 0.25) is 0 Å². The van der Waals surface area contributed by atoms with Crippen LogP contribution in [0.5, 0.6) is 0 Å². The standard InChI is InChI=1S/C16H19N3O2/c1-12-17-6-7-18(12)8-9-19-11-14(16(20)21)10-13-4-2-3-5-15(13)19/h2-7,14H,8-11H2,1H3,(H,20,21). The molecule has 5 heteroatoms. The van der Waals surface area contributed by atoms with Crippen molar-refractivity contribution in [3.8, 4) is 0 Å². The summed E-state index contributed by atoms with van der Waals surface area (Å²) in [5.41, 5.74) is 2.28. The molecule has 0 spiro atoms. The highest BCUT2D eigenvalue weighted by atomic mass is 16.4. The quantitative estimate of drug-likeness (QED) is 0.933. The van der Waals surface area contributed by atoms with Gasteiger partial charge in [-0.1, -0.05) is 18.2 Å². The van der Waals surface area contributed by atoms with Crippen molar-refractivity contribution in [2.24, 2.45) is 5.92 Å². The van der Waals surface area contributed by atoms with Gasteiger partial charge < -0.3 is 14.6 Å². The van der Waals surface area contributed by atoms with Gasteiger partial charge in [0.05, 0.1) is 5.92 Å². The van der Waals surface area contributed by atoms with Crippen LogP contribution in [0.3, 0.4) is 0 Å². The summed E-state index contributed by atoms with van der Waals surface area (Å²) < 4.78 is 2.09. The monoisotopic (exact) mass is 285 g/mol. The summed E-state index contributed by atoms with van der Waals surface area (Å²) in [6.45, 7) is 4.15. The fourth-order valence-electron chi connectivity index (χ4n) is 2.93. The van der Waals surface area contributed by atoms with Gasteiger partial charge in [0.25, 0.3) is 0 Å². The van der Waals surface area contributed by atoms with E-state index in [1.54, 1.807) is 6.20 Å². The molecule has 0 fully saturated rings. The molecule has 3 rings (SSSR count). The molecular weight excluding hydrogens is 266 g/mol. The van der Waals surface area contributed by atoms with Gasteiger partial charge >= 0.3 is 5.97 Å². The fraction of sp³-hybridized carbons (Fsp3) is 0.375. The highest BCUT2D eigenvalue weighted by molar-refractivity contribution is 5.73. The van der Waals surface area contributed by atoms with Crippen LogP contribution in [0.25, 0.3) is 0 Å². The molecule has 110 valence electrons. The topological polar surface area (TPSA) is 58.4 Å². The third-order valence-corrected chi connectivity index (χ3v) is 4.12. The predicted molar refractivity (Wildman–Crippen MR) is 80.4 cm³/mol. The van der Waals surface area contributed by atoms with Crippen LogP contribution >= 0.6 is 0 Å². The van der Waals surface area contributed by atoms with Gasteiger partial charge in [-0.05, 0) is 25.0 Å². The Morgan fingerprint density at radius 1 is 1.38 bits per heavy atom. The van der Waals surface area contributed by atoms with Crippen molar-refractivity contribution in [2.75, 3.05) is 18.0 Å². The molecule has 2 heterocycles. The molecule has 0 aliphatic carbocycles. The Balaban J connectivity index is 1.80. The van der Waals surface area contributed by atoms with Gasteiger partial charge in [0, 0.05) is 37.7 Å². The third kappa shape index (κ3) is 2.77.